The number of unbranched alkanes of at least 4 members (excludes halogenated alkanes) is 7. The van der Waals surface area contributed by atoms with Crippen molar-refractivity contribution in [1.82, 2.24) is 0 Å². The summed E-state index contributed by atoms with van der Waals surface area (Å²) in [6.07, 6.45) is 23.3. The molecule has 0 aromatic rings. The largest absolute Gasteiger partial charge is 0.481 e. The standard InChI is InChI=1S/C18H30O2.C2H6O/c1-2-3-4-5-6-7-8-9-10-11-12-13-14-15-16-17-18(19)20;1-2-3/h5-10H,2-4,11-17H2,1H3,(H,19,20);3H,2H2,1H3. The van der Waals surface area contributed by atoms with Gasteiger partial charge in [-0.15, -0.1) is 0 Å². The van der Waals surface area contributed by atoms with Gasteiger partial charge in [0.1, 0.15) is 0 Å². The van der Waals surface area contributed by atoms with E-state index >= 15 is 0 Å². The first kappa shape index (κ1) is 23.9. The zero-order valence-corrected chi connectivity index (χ0v) is 15.0. The highest BCUT2D eigenvalue weighted by molar-refractivity contribution is 5.66. The molecule has 134 valence electrons. The highest BCUT2D eigenvalue weighted by Crippen LogP contribution is 2.07. The summed E-state index contributed by atoms with van der Waals surface area (Å²) in [5.41, 5.74) is 0. The SMILES string of the molecule is CCCCC=CC=CC=CCCCCCCCC(=O)O.CCO. The number of allylic oxidation sites excluding steroid dienone is 6. The maximum Gasteiger partial charge on any atom is 0.303 e. The van der Waals surface area contributed by atoms with Gasteiger partial charge in [0.15, 0.2) is 0 Å². The highest BCUT2D eigenvalue weighted by Gasteiger charge is 1.95. The van der Waals surface area contributed by atoms with E-state index in [1.54, 1.807) is 6.92 Å². The lowest BCUT2D eigenvalue weighted by Gasteiger charge is -1.97. The molecule has 3 nitrogen and oxygen atoms in total. The van der Waals surface area contributed by atoms with Crippen LogP contribution in [0.2, 0.25) is 0 Å². The van der Waals surface area contributed by atoms with Crippen molar-refractivity contribution in [2.75, 3.05) is 6.61 Å². The molecule has 0 aromatic heterocycles. The number of carboxylic acids is 1. The highest BCUT2D eigenvalue weighted by atomic mass is 16.4. The first-order valence-electron chi connectivity index (χ1n) is 8.99. The van der Waals surface area contributed by atoms with Gasteiger partial charge in [-0.1, -0.05) is 75.5 Å². The smallest absolute Gasteiger partial charge is 0.303 e. The van der Waals surface area contributed by atoms with E-state index < -0.39 is 5.97 Å². The van der Waals surface area contributed by atoms with Gasteiger partial charge in [0.05, 0.1) is 0 Å². The molecule has 0 aliphatic heterocycles. The Morgan fingerprint density at radius 3 is 1.78 bits per heavy atom. The second-order valence-corrected chi connectivity index (χ2v) is 5.40. The summed E-state index contributed by atoms with van der Waals surface area (Å²) in [7, 11) is 0. The molecule has 0 aromatic carbocycles. The molecule has 0 unspecified atom stereocenters. The van der Waals surface area contributed by atoms with Gasteiger partial charge in [0.25, 0.3) is 0 Å². The van der Waals surface area contributed by atoms with Crippen LogP contribution in [0, 0.1) is 0 Å². The molecular formula is C20H36O3. The lowest BCUT2D eigenvalue weighted by atomic mass is 10.1. The average molecular weight is 325 g/mol. The van der Waals surface area contributed by atoms with Gasteiger partial charge < -0.3 is 10.2 Å². The fraction of sp³-hybridized carbons (Fsp3) is 0.650. The Hall–Kier alpha value is -1.35. The molecule has 0 fully saturated rings. The van der Waals surface area contributed by atoms with Crippen molar-refractivity contribution >= 4 is 5.97 Å². The maximum absolute atomic E-state index is 10.3. The lowest BCUT2D eigenvalue weighted by Crippen LogP contribution is -1.93. The second-order valence-electron chi connectivity index (χ2n) is 5.40. The summed E-state index contributed by atoms with van der Waals surface area (Å²) in [4.78, 5) is 10.3. The summed E-state index contributed by atoms with van der Waals surface area (Å²) in [5, 5.41) is 16.1. The van der Waals surface area contributed by atoms with E-state index in [0.29, 0.717) is 6.42 Å². The molecule has 0 aliphatic rings. The van der Waals surface area contributed by atoms with Crippen molar-refractivity contribution in [2.24, 2.45) is 0 Å². The van der Waals surface area contributed by atoms with Gasteiger partial charge >= 0.3 is 5.97 Å². The minimum atomic E-state index is -0.677. The summed E-state index contributed by atoms with van der Waals surface area (Å²) < 4.78 is 0. The average Bonchev–Trinajstić information content (AvgIpc) is 2.51. The molecule has 0 radical (unpaired) electrons. The van der Waals surface area contributed by atoms with E-state index in [1.165, 1.54) is 32.1 Å². The Kier molecular flexibility index (Phi) is 23.8. The zero-order valence-electron chi connectivity index (χ0n) is 15.0. The van der Waals surface area contributed by atoms with Crippen LogP contribution in [0.3, 0.4) is 0 Å². The van der Waals surface area contributed by atoms with Gasteiger partial charge in [-0.25, -0.2) is 0 Å². The number of rotatable bonds is 13. The summed E-state index contributed by atoms with van der Waals surface area (Å²) in [6.45, 7) is 4.14. The van der Waals surface area contributed by atoms with E-state index in [1.807, 2.05) is 0 Å². The summed E-state index contributed by atoms with van der Waals surface area (Å²) in [6, 6.07) is 0. The number of hydrogen-bond acceptors (Lipinski definition) is 2. The molecule has 0 saturated carbocycles. The van der Waals surface area contributed by atoms with Crippen molar-refractivity contribution in [3.05, 3.63) is 36.5 Å². The van der Waals surface area contributed by atoms with Crippen molar-refractivity contribution in [1.29, 1.82) is 0 Å². The minimum absolute atomic E-state index is 0.250. The van der Waals surface area contributed by atoms with Crippen LogP contribution in [0.25, 0.3) is 0 Å². The molecule has 0 spiro atoms. The van der Waals surface area contributed by atoms with E-state index in [0.717, 1.165) is 25.7 Å². The topological polar surface area (TPSA) is 57.5 Å². The molecule has 0 bridgehead atoms. The molecule has 2 N–H and O–H groups in total. The third-order valence-electron chi connectivity index (χ3n) is 3.09. The fourth-order valence-corrected chi connectivity index (χ4v) is 1.87. The van der Waals surface area contributed by atoms with E-state index in [-0.39, 0.29) is 6.61 Å². The van der Waals surface area contributed by atoms with Crippen molar-refractivity contribution in [3.63, 3.8) is 0 Å². The van der Waals surface area contributed by atoms with Crippen LogP contribution in [0.1, 0.15) is 78.1 Å². The quantitative estimate of drug-likeness (QED) is 0.339. The van der Waals surface area contributed by atoms with Gasteiger partial charge in [0.2, 0.25) is 0 Å². The van der Waals surface area contributed by atoms with Crippen LogP contribution < -0.4 is 0 Å². The van der Waals surface area contributed by atoms with Crippen molar-refractivity contribution < 1.29 is 15.0 Å². The Morgan fingerprint density at radius 1 is 0.783 bits per heavy atom. The lowest BCUT2D eigenvalue weighted by molar-refractivity contribution is -0.137. The first-order chi connectivity index (χ1) is 11.2. The monoisotopic (exact) mass is 324 g/mol. The van der Waals surface area contributed by atoms with Crippen LogP contribution in [-0.2, 0) is 4.79 Å². The molecule has 0 heterocycles. The van der Waals surface area contributed by atoms with Gasteiger partial charge in [0, 0.05) is 13.0 Å². The Labute approximate surface area is 142 Å². The minimum Gasteiger partial charge on any atom is -0.481 e. The Balaban J connectivity index is 0. The molecule has 0 aliphatic carbocycles. The molecule has 23 heavy (non-hydrogen) atoms. The Bertz CT molecular complexity index is 317. The molecule has 0 rings (SSSR count). The van der Waals surface area contributed by atoms with Crippen LogP contribution in [0.15, 0.2) is 36.5 Å². The number of carboxylic acid groups (broad SMARTS) is 1. The van der Waals surface area contributed by atoms with Crippen LogP contribution in [0.4, 0.5) is 0 Å². The third kappa shape index (κ3) is 29.3. The zero-order chi connectivity index (χ0) is 17.6. The van der Waals surface area contributed by atoms with Gasteiger partial charge in [-0.2, -0.15) is 0 Å². The summed E-state index contributed by atoms with van der Waals surface area (Å²) >= 11 is 0. The fourth-order valence-electron chi connectivity index (χ4n) is 1.87. The molecular weight excluding hydrogens is 288 g/mol. The van der Waals surface area contributed by atoms with Crippen LogP contribution >= 0.6 is 0 Å². The number of carbonyl (C=O) groups is 1. The number of aliphatic hydroxyl groups is 1. The molecule has 3 heteroatoms. The van der Waals surface area contributed by atoms with Crippen LogP contribution in [-0.4, -0.2) is 22.8 Å². The van der Waals surface area contributed by atoms with Crippen molar-refractivity contribution in [3.8, 4) is 0 Å². The predicted molar refractivity (Wildman–Crippen MR) is 99.7 cm³/mol. The molecule has 0 saturated heterocycles. The van der Waals surface area contributed by atoms with Gasteiger partial charge in [-0.05, 0) is 32.6 Å². The van der Waals surface area contributed by atoms with E-state index in [4.69, 9.17) is 10.2 Å². The predicted octanol–water partition coefficient (Wildman–Crippen LogP) is 5.66. The Morgan fingerprint density at radius 2 is 1.26 bits per heavy atom. The molecule has 0 amide bonds. The maximum atomic E-state index is 10.3. The van der Waals surface area contributed by atoms with E-state index in [9.17, 15) is 4.79 Å². The second kappa shape index (κ2) is 22.9. The first-order valence-corrected chi connectivity index (χ1v) is 8.99. The molecule has 0 atom stereocenters. The normalized spacial score (nSPS) is 11.3. The third-order valence-corrected chi connectivity index (χ3v) is 3.09. The summed E-state index contributed by atoms with van der Waals surface area (Å²) in [5.74, 6) is -0.677. The van der Waals surface area contributed by atoms with Crippen molar-refractivity contribution in [2.45, 2.75) is 78.1 Å². The number of aliphatic carboxylic acids is 1. The number of hydrogen-bond donors (Lipinski definition) is 2. The van der Waals surface area contributed by atoms with Crippen LogP contribution in [0.5, 0.6) is 0 Å². The number of aliphatic hydroxyl groups excluding tert-OH is 1. The van der Waals surface area contributed by atoms with Gasteiger partial charge in [-0.3, -0.25) is 4.79 Å². The van der Waals surface area contributed by atoms with E-state index in [2.05, 4.69) is 43.4 Å².